The third-order valence-electron chi connectivity index (χ3n) is 4.75. The standard InChI is InChI=1S/C22H25N5S/c1-5-27-17(12-14(2)3)8-10-19(27)16-7-9-18(23-13-16)21-24-22(26-25-21)20-11-6-15(4)28-20/h6-11,13-14H,5,12H2,1-4H3,(H,24,25,26). The maximum absolute atomic E-state index is 4.63. The Bertz CT molecular complexity index is 1070. The number of aromatic amines is 1. The van der Waals surface area contributed by atoms with Crippen molar-refractivity contribution < 1.29 is 0 Å². The molecule has 144 valence electrons. The zero-order chi connectivity index (χ0) is 19.7. The normalized spacial score (nSPS) is 11.5. The molecule has 0 unspecified atom stereocenters. The largest absolute Gasteiger partial charge is 0.345 e. The lowest BCUT2D eigenvalue weighted by Crippen LogP contribution is -2.05. The molecule has 5 nitrogen and oxygen atoms in total. The molecule has 4 rings (SSSR count). The minimum Gasteiger partial charge on any atom is -0.345 e. The number of thiophene rings is 1. The van der Waals surface area contributed by atoms with Crippen LogP contribution >= 0.6 is 11.3 Å². The van der Waals surface area contributed by atoms with Gasteiger partial charge < -0.3 is 4.57 Å². The summed E-state index contributed by atoms with van der Waals surface area (Å²) in [5, 5.41) is 7.37. The van der Waals surface area contributed by atoms with Gasteiger partial charge in [0.15, 0.2) is 11.6 Å². The van der Waals surface area contributed by atoms with Gasteiger partial charge in [0.1, 0.15) is 5.69 Å². The van der Waals surface area contributed by atoms with Gasteiger partial charge in [-0.15, -0.1) is 11.3 Å². The predicted octanol–water partition coefficient (Wildman–Crippen LogP) is 5.59. The van der Waals surface area contributed by atoms with Crippen molar-refractivity contribution in [1.29, 1.82) is 0 Å². The van der Waals surface area contributed by atoms with E-state index in [4.69, 9.17) is 0 Å². The van der Waals surface area contributed by atoms with Gasteiger partial charge in [-0.25, -0.2) is 4.98 Å². The Hall–Kier alpha value is -2.73. The van der Waals surface area contributed by atoms with E-state index >= 15 is 0 Å². The van der Waals surface area contributed by atoms with E-state index in [1.54, 1.807) is 11.3 Å². The first-order chi connectivity index (χ1) is 13.5. The van der Waals surface area contributed by atoms with Gasteiger partial charge in [-0.2, -0.15) is 5.10 Å². The minimum absolute atomic E-state index is 0.624. The summed E-state index contributed by atoms with van der Waals surface area (Å²) in [6.07, 6.45) is 3.00. The van der Waals surface area contributed by atoms with Crippen LogP contribution in [0.2, 0.25) is 0 Å². The van der Waals surface area contributed by atoms with Crippen molar-refractivity contribution in [3.8, 4) is 33.5 Å². The number of nitrogens with zero attached hydrogens (tertiary/aromatic N) is 4. The van der Waals surface area contributed by atoms with Crippen LogP contribution in [0.4, 0.5) is 0 Å². The third kappa shape index (κ3) is 3.64. The average Bonchev–Trinajstić information content (AvgIpc) is 3.40. The first kappa shape index (κ1) is 18.6. The summed E-state index contributed by atoms with van der Waals surface area (Å²) in [7, 11) is 0. The van der Waals surface area contributed by atoms with Crippen molar-refractivity contribution in [2.75, 3.05) is 0 Å². The monoisotopic (exact) mass is 391 g/mol. The number of pyridine rings is 1. The summed E-state index contributed by atoms with van der Waals surface area (Å²) in [6.45, 7) is 9.75. The second-order valence-corrected chi connectivity index (χ2v) is 8.69. The van der Waals surface area contributed by atoms with E-state index < -0.39 is 0 Å². The fourth-order valence-electron chi connectivity index (χ4n) is 3.46. The first-order valence-electron chi connectivity index (χ1n) is 9.69. The number of rotatable bonds is 6. The molecule has 0 saturated carbocycles. The van der Waals surface area contributed by atoms with Crippen molar-refractivity contribution in [2.45, 2.75) is 40.7 Å². The van der Waals surface area contributed by atoms with E-state index in [0.29, 0.717) is 11.7 Å². The first-order valence-corrected chi connectivity index (χ1v) is 10.5. The zero-order valence-corrected chi connectivity index (χ0v) is 17.5. The molecular formula is C22H25N5S. The van der Waals surface area contributed by atoms with Crippen LogP contribution in [0.15, 0.2) is 42.6 Å². The summed E-state index contributed by atoms with van der Waals surface area (Å²) in [4.78, 5) is 11.6. The molecule has 4 heterocycles. The molecule has 0 spiro atoms. The SMILES string of the molecule is CCn1c(CC(C)C)ccc1-c1ccc(-c2n[nH]c(-c3ccc(C)s3)n2)nc1. The molecule has 0 aliphatic carbocycles. The van der Waals surface area contributed by atoms with Crippen LogP contribution in [0.25, 0.3) is 33.5 Å². The molecule has 0 radical (unpaired) electrons. The Morgan fingerprint density at radius 3 is 2.61 bits per heavy atom. The predicted molar refractivity (Wildman–Crippen MR) is 115 cm³/mol. The number of H-pyrrole nitrogens is 1. The maximum atomic E-state index is 4.63. The van der Waals surface area contributed by atoms with E-state index in [1.807, 2.05) is 12.3 Å². The summed E-state index contributed by atoms with van der Waals surface area (Å²) < 4.78 is 2.38. The number of nitrogens with one attached hydrogen (secondary N) is 1. The molecular weight excluding hydrogens is 366 g/mol. The molecule has 28 heavy (non-hydrogen) atoms. The van der Waals surface area contributed by atoms with Crippen LogP contribution in [0.1, 0.15) is 31.3 Å². The lowest BCUT2D eigenvalue weighted by atomic mass is 10.1. The Morgan fingerprint density at radius 1 is 1.11 bits per heavy atom. The molecule has 4 aromatic heterocycles. The molecule has 0 aliphatic heterocycles. The number of hydrogen-bond donors (Lipinski definition) is 1. The Kier molecular flexibility index (Phi) is 5.13. The van der Waals surface area contributed by atoms with Crippen molar-refractivity contribution in [1.82, 2.24) is 24.7 Å². The molecule has 0 fully saturated rings. The topological polar surface area (TPSA) is 59.4 Å². The second kappa shape index (κ2) is 7.72. The highest BCUT2D eigenvalue weighted by Gasteiger charge is 2.13. The van der Waals surface area contributed by atoms with Crippen LogP contribution in [0.3, 0.4) is 0 Å². The molecule has 0 aromatic carbocycles. The fraction of sp³-hybridized carbons (Fsp3) is 0.318. The van der Waals surface area contributed by atoms with Gasteiger partial charge in [0, 0.05) is 34.6 Å². The average molecular weight is 392 g/mol. The third-order valence-corrected chi connectivity index (χ3v) is 5.76. The number of aryl methyl sites for hydroxylation is 1. The second-order valence-electron chi connectivity index (χ2n) is 7.40. The number of hydrogen-bond acceptors (Lipinski definition) is 4. The van der Waals surface area contributed by atoms with Crippen molar-refractivity contribution in [3.63, 3.8) is 0 Å². The fourth-order valence-corrected chi connectivity index (χ4v) is 4.26. The Balaban J connectivity index is 1.60. The van der Waals surface area contributed by atoms with Gasteiger partial charge in [-0.05, 0) is 62.6 Å². The van der Waals surface area contributed by atoms with Crippen LogP contribution in [0, 0.1) is 12.8 Å². The van der Waals surface area contributed by atoms with Crippen LogP contribution in [-0.2, 0) is 13.0 Å². The van der Waals surface area contributed by atoms with Gasteiger partial charge in [-0.1, -0.05) is 13.8 Å². The zero-order valence-electron chi connectivity index (χ0n) is 16.7. The highest BCUT2D eigenvalue weighted by molar-refractivity contribution is 7.15. The summed E-state index contributed by atoms with van der Waals surface area (Å²) in [5.74, 6) is 2.05. The molecule has 1 N–H and O–H groups in total. The van der Waals surface area contributed by atoms with E-state index in [1.165, 1.54) is 16.3 Å². The molecule has 0 atom stereocenters. The van der Waals surface area contributed by atoms with Gasteiger partial charge >= 0.3 is 0 Å². The smallest absolute Gasteiger partial charge is 0.200 e. The molecule has 0 bridgehead atoms. The van der Waals surface area contributed by atoms with Crippen LogP contribution in [0.5, 0.6) is 0 Å². The quantitative estimate of drug-likeness (QED) is 0.466. The highest BCUT2D eigenvalue weighted by Crippen LogP contribution is 2.28. The van der Waals surface area contributed by atoms with Gasteiger partial charge in [-0.3, -0.25) is 10.1 Å². The lowest BCUT2D eigenvalue weighted by molar-refractivity contribution is 0.600. The van der Waals surface area contributed by atoms with E-state index in [-0.39, 0.29) is 0 Å². The van der Waals surface area contributed by atoms with Crippen molar-refractivity contribution in [2.24, 2.45) is 5.92 Å². The highest BCUT2D eigenvalue weighted by atomic mass is 32.1. The summed E-state index contributed by atoms with van der Waals surface area (Å²) in [6, 6.07) is 12.7. The van der Waals surface area contributed by atoms with E-state index in [0.717, 1.165) is 34.9 Å². The van der Waals surface area contributed by atoms with Gasteiger partial charge in [0.2, 0.25) is 0 Å². The molecule has 0 aliphatic rings. The summed E-state index contributed by atoms with van der Waals surface area (Å²) >= 11 is 1.70. The number of aromatic nitrogens is 5. The van der Waals surface area contributed by atoms with Crippen molar-refractivity contribution >= 4 is 11.3 Å². The van der Waals surface area contributed by atoms with E-state index in [2.05, 4.69) is 82.8 Å². The molecule has 6 heteroatoms. The van der Waals surface area contributed by atoms with Gasteiger partial charge in [0.25, 0.3) is 0 Å². The molecule has 0 amide bonds. The molecule has 0 saturated heterocycles. The Labute approximate surface area is 169 Å². The lowest BCUT2D eigenvalue weighted by Gasteiger charge is -2.13. The Morgan fingerprint density at radius 2 is 1.96 bits per heavy atom. The van der Waals surface area contributed by atoms with Crippen LogP contribution in [-0.4, -0.2) is 24.7 Å². The van der Waals surface area contributed by atoms with E-state index in [9.17, 15) is 0 Å². The molecule has 4 aromatic rings. The maximum Gasteiger partial charge on any atom is 0.200 e. The summed E-state index contributed by atoms with van der Waals surface area (Å²) in [5.41, 5.74) is 4.48. The van der Waals surface area contributed by atoms with Crippen LogP contribution < -0.4 is 0 Å². The van der Waals surface area contributed by atoms with Gasteiger partial charge in [0.05, 0.1) is 4.88 Å². The van der Waals surface area contributed by atoms with Crippen molar-refractivity contribution in [3.05, 3.63) is 53.2 Å². The minimum atomic E-state index is 0.624.